The number of hydrogen-bond acceptors (Lipinski definition) is 13. The first-order valence-electron chi connectivity index (χ1n) is 11.8. The second kappa shape index (κ2) is 14.2. The van der Waals surface area contributed by atoms with Gasteiger partial charge in [0.2, 0.25) is 5.91 Å². The van der Waals surface area contributed by atoms with Gasteiger partial charge in [0.25, 0.3) is 20.1 Å². The molecule has 0 aliphatic rings. The van der Waals surface area contributed by atoms with Crippen LogP contribution in [0.2, 0.25) is 0 Å². The Hall–Kier alpha value is -3.30. The van der Waals surface area contributed by atoms with Gasteiger partial charge < -0.3 is 20.8 Å². The van der Waals surface area contributed by atoms with Gasteiger partial charge in [-0.3, -0.25) is 19.1 Å². The molecule has 0 aliphatic carbocycles. The maximum Gasteiger partial charge on any atom is 1.00 e. The summed E-state index contributed by atoms with van der Waals surface area (Å²) in [5.74, 6) is -1.42. The molecule has 1 amide bonds. The van der Waals surface area contributed by atoms with Gasteiger partial charge in [0.05, 0.1) is 34.0 Å². The molecule has 0 unspecified atom stereocenters. The van der Waals surface area contributed by atoms with E-state index in [1.807, 2.05) is 0 Å². The minimum Gasteiger partial charge on any atom is -0.691 e. The molecule has 44 heavy (non-hydrogen) atoms. The fraction of sp³-hybridized carbons (Fsp3) is 0.0800. The maximum atomic E-state index is 13.0. The molecule has 19 heteroatoms. The Balaban J connectivity index is 0.00000529. The smallest absolute Gasteiger partial charge is 0.691 e. The van der Waals surface area contributed by atoms with E-state index in [0.717, 1.165) is 12.1 Å². The fourth-order valence-corrected chi connectivity index (χ4v) is 6.20. The Bertz CT molecular complexity index is 1990. The zero-order valence-electron chi connectivity index (χ0n) is 23.0. The molecule has 0 heterocycles. The van der Waals surface area contributed by atoms with E-state index in [1.54, 1.807) is 6.92 Å². The zero-order chi connectivity index (χ0) is 31.5. The number of amides is 1. The number of azo groups is 1. The molecule has 0 atom stereocenters. The maximum absolute atomic E-state index is 13.0. The van der Waals surface area contributed by atoms with Crippen molar-refractivity contribution in [3.8, 4) is 11.5 Å². The first kappa shape index (κ1) is 35.2. The molecule has 0 aliphatic heterocycles. The van der Waals surface area contributed by atoms with Gasteiger partial charge in [0.15, 0.2) is 5.75 Å². The van der Waals surface area contributed by atoms with Crippen LogP contribution in [0.5, 0.6) is 11.5 Å². The molecular weight excluding hydrogens is 651 g/mol. The topological polar surface area (TPSA) is 236 Å². The monoisotopic (exact) mass is 672 g/mol. The Morgan fingerprint density at radius 3 is 2.34 bits per heavy atom. The fourth-order valence-electron chi connectivity index (χ4n) is 3.93. The van der Waals surface area contributed by atoms with Gasteiger partial charge in [-0.05, 0) is 72.5 Å². The summed E-state index contributed by atoms with van der Waals surface area (Å²) in [7, 11) is -9.18. The van der Waals surface area contributed by atoms with Gasteiger partial charge in [-0.1, -0.05) is 6.07 Å². The van der Waals surface area contributed by atoms with E-state index in [0.29, 0.717) is 17.6 Å². The van der Waals surface area contributed by atoms with Crippen LogP contribution in [0.15, 0.2) is 85.6 Å². The van der Waals surface area contributed by atoms with Crippen molar-refractivity contribution in [1.82, 2.24) is 0 Å². The molecule has 5 N–H and O–H groups in total. The molecular formula is C25H21N4NaO11S3. The van der Waals surface area contributed by atoms with E-state index in [4.69, 9.17) is 0 Å². The predicted molar refractivity (Wildman–Crippen MR) is 152 cm³/mol. The summed E-state index contributed by atoms with van der Waals surface area (Å²) in [5.41, 5.74) is -0.157. The minimum atomic E-state index is -5.03. The zero-order valence-corrected chi connectivity index (χ0v) is 27.4. The average Bonchev–Trinajstić information content (AvgIpc) is 2.92. The molecule has 4 rings (SSSR count). The van der Waals surface area contributed by atoms with Crippen LogP contribution in [-0.4, -0.2) is 37.5 Å². The van der Waals surface area contributed by atoms with E-state index in [2.05, 4.69) is 29.6 Å². The van der Waals surface area contributed by atoms with Gasteiger partial charge in [0.1, 0.15) is 16.3 Å². The number of carbonyl (C=O) groups is 1. The van der Waals surface area contributed by atoms with Crippen LogP contribution < -0.4 is 44.9 Å². The number of rotatable bonds is 10. The van der Waals surface area contributed by atoms with Crippen LogP contribution in [0.3, 0.4) is 0 Å². The third kappa shape index (κ3) is 8.24. The van der Waals surface area contributed by atoms with Crippen molar-refractivity contribution in [2.75, 3.05) is 10.0 Å². The third-order valence-corrected chi connectivity index (χ3v) is 8.50. The summed E-state index contributed by atoms with van der Waals surface area (Å²) in [5, 5.41) is 44.3. The van der Waals surface area contributed by atoms with Gasteiger partial charge in [-0.2, -0.15) is 17.9 Å². The summed E-state index contributed by atoms with van der Waals surface area (Å²) in [6.45, 7) is 2.77. The first-order chi connectivity index (χ1) is 20.2. The van der Waals surface area contributed by atoms with E-state index >= 15 is 0 Å². The van der Waals surface area contributed by atoms with Gasteiger partial charge >= 0.3 is 29.6 Å². The van der Waals surface area contributed by atoms with Crippen molar-refractivity contribution < 1.29 is 80.6 Å². The average molecular weight is 673 g/mol. The SMILES string of the molecule is CC(=O)Nc1cc(SOO[O-])cc2cc(S(=O)(=O)O)c(N=Nc3cccc(S(=O)(=O)Nc4ccc(O)cc4C)c3)c(O)c12.[Na+]. The predicted octanol–water partition coefficient (Wildman–Crippen LogP) is 1.22. The van der Waals surface area contributed by atoms with Crippen LogP contribution in [0.4, 0.5) is 22.7 Å². The third-order valence-electron chi connectivity index (χ3n) is 5.72. The molecule has 0 saturated heterocycles. The van der Waals surface area contributed by atoms with Crippen molar-refractivity contribution >= 4 is 71.6 Å². The van der Waals surface area contributed by atoms with Crippen molar-refractivity contribution in [2.24, 2.45) is 10.2 Å². The molecule has 4 aromatic carbocycles. The molecule has 0 bridgehead atoms. The molecule has 4 aromatic rings. The van der Waals surface area contributed by atoms with E-state index in [1.165, 1.54) is 55.5 Å². The number of aromatic hydroxyl groups is 2. The van der Waals surface area contributed by atoms with E-state index in [9.17, 15) is 41.7 Å². The summed E-state index contributed by atoms with van der Waals surface area (Å²) in [6, 6.07) is 12.7. The Labute approximate surface area is 277 Å². The molecule has 226 valence electrons. The quantitative estimate of drug-likeness (QED) is 0.0304. The molecule has 0 spiro atoms. The van der Waals surface area contributed by atoms with Crippen molar-refractivity contribution in [1.29, 1.82) is 0 Å². The summed E-state index contributed by atoms with van der Waals surface area (Å²) >= 11 is 0.425. The van der Waals surface area contributed by atoms with Crippen molar-refractivity contribution in [3.05, 3.63) is 66.2 Å². The van der Waals surface area contributed by atoms with Crippen LogP contribution in [0, 0.1) is 6.92 Å². The number of nitrogens with one attached hydrogen (secondary N) is 2. The summed E-state index contributed by atoms with van der Waals surface area (Å²) in [4.78, 5) is 10.9. The number of phenolic OH excluding ortho intramolecular Hbond substituents is 2. The molecule has 0 aromatic heterocycles. The number of phenols is 2. The number of fused-ring (bicyclic) bond motifs is 1. The van der Waals surface area contributed by atoms with Crippen LogP contribution in [0.25, 0.3) is 10.8 Å². The number of sulfonamides is 1. The molecule has 0 fully saturated rings. The Kier molecular flexibility index (Phi) is 11.4. The summed E-state index contributed by atoms with van der Waals surface area (Å²) < 4.78 is 67.1. The second-order valence-electron chi connectivity index (χ2n) is 8.82. The summed E-state index contributed by atoms with van der Waals surface area (Å²) in [6.07, 6.45) is 0. The molecule has 0 radical (unpaired) electrons. The van der Waals surface area contributed by atoms with Crippen LogP contribution in [-0.2, 0) is 34.3 Å². The van der Waals surface area contributed by atoms with Crippen LogP contribution in [0.1, 0.15) is 12.5 Å². The number of nitrogens with zero attached hydrogens (tertiary/aromatic N) is 2. The largest absolute Gasteiger partial charge is 1.00 e. The molecule has 0 saturated carbocycles. The minimum absolute atomic E-state index is 0. The first-order valence-corrected chi connectivity index (χ1v) is 15.4. The van der Waals surface area contributed by atoms with Crippen LogP contribution >= 0.6 is 12.0 Å². The standard InChI is InChI=1S/C25H22N4O11S3.Na/c1-13-8-17(31)6-7-20(13)29-42(34,35)19-5-3-4-16(11-19)27-28-24-22(43(36,37)38)10-15-9-18(41-40-39-33)12-21(26-14(2)30)23(15)25(24)32;/h3-12,29,31-33H,1-2H3,(H,26,30)(H,36,37,38);/q;+1/p-1. The van der Waals surface area contributed by atoms with Gasteiger partial charge in [-0.15, -0.1) is 5.11 Å². The molecule has 15 nitrogen and oxygen atoms in total. The van der Waals surface area contributed by atoms with Crippen molar-refractivity contribution in [2.45, 2.75) is 28.5 Å². The number of anilines is 2. The Morgan fingerprint density at radius 1 is 0.977 bits per heavy atom. The number of aryl methyl sites for hydroxylation is 1. The van der Waals surface area contributed by atoms with E-state index < -0.39 is 42.4 Å². The Morgan fingerprint density at radius 2 is 1.70 bits per heavy atom. The normalized spacial score (nSPS) is 11.8. The number of benzene rings is 4. The van der Waals surface area contributed by atoms with E-state index in [-0.39, 0.29) is 72.9 Å². The second-order valence-corrected chi connectivity index (χ2v) is 12.7. The number of carbonyl (C=O) groups excluding carboxylic acids is 1. The van der Waals surface area contributed by atoms with Gasteiger partial charge in [0, 0.05) is 17.2 Å². The van der Waals surface area contributed by atoms with Crippen molar-refractivity contribution in [3.63, 3.8) is 0 Å². The number of hydrogen-bond donors (Lipinski definition) is 5. The van der Waals surface area contributed by atoms with Gasteiger partial charge in [-0.25, -0.2) is 8.42 Å².